The standard InChI is InChI=1S/C12H21N3O4/c1-12(10(17)18)4-6-15(7-5-12)11(19)13-8-9(16)14(2)3/h4-8H2,1-3H3,(H,13,19)(H,17,18). The summed E-state index contributed by atoms with van der Waals surface area (Å²) < 4.78 is 0. The highest BCUT2D eigenvalue weighted by molar-refractivity contribution is 5.84. The highest BCUT2D eigenvalue weighted by atomic mass is 16.4. The minimum atomic E-state index is -0.824. The molecule has 0 radical (unpaired) electrons. The Morgan fingerprint density at radius 1 is 1.26 bits per heavy atom. The number of likely N-dealkylation sites (N-methyl/N-ethyl adjacent to an activating group) is 1. The maximum absolute atomic E-state index is 11.8. The van der Waals surface area contributed by atoms with E-state index < -0.39 is 11.4 Å². The van der Waals surface area contributed by atoms with E-state index in [0.29, 0.717) is 25.9 Å². The van der Waals surface area contributed by atoms with Gasteiger partial charge in [0.15, 0.2) is 0 Å². The second kappa shape index (κ2) is 5.90. The van der Waals surface area contributed by atoms with Crippen LogP contribution in [0.4, 0.5) is 4.79 Å². The Balaban J connectivity index is 2.41. The third-order valence-electron chi connectivity index (χ3n) is 3.56. The number of rotatable bonds is 3. The largest absolute Gasteiger partial charge is 0.481 e. The molecule has 1 saturated heterocycles. The minimum absolute atomic E-state index is 0.0431. The van der Waals surface area contributed by atoms with E-state index in [1.165, 1.54) is 4.90 Å². The lowest BCUT2D eigenvalue weighted by atomic mass is 9.80. The lowest BCUT2D eigenvalue weighted by Crippen LogP contribution is -2.50. The number of likely N-dealkylation sites (tertiary alicyclic amines) is 1. The number of carbonyl (C=O) groups excluding carboxylic acids is 2. The number of amides is 3. The van der Waals surface area contributed by atoms with Crippen molar-refractivity contribution in [2.45, 2.75) is 19.8 Å². The molecule has 0 spiro atoms. The van der Waals surface area contributed by atoms with Crippen molar-refractivity contribution in [3.63, 3.8) is 0 Å². The topological polar surface area (TPSA) is 90.0 Å². The Morgan fingerprint density at radius 3 is 2.21 bits per heavy atom. The molecule has 0 unspecified atom stereocenters. The summed E-state index contributed by atoms with van der Waals surface area (Å²) in [7, 11) is 3.24. The van der Waals surface area contributed by atoms with E-state index in [0.717, 1.165) is 0 Å². The normalized spacial score (nSPS) is 17.7. The highest BCUT2D eigenvalue weighted by Gasteiger charge is 2.38. The summed E-state index contributed by atoms with van der Waals surface area (Å²) in [5.74, 6) is -1.00. The first kappa shape index (κ1) is 15.3. The molecule has 0 saturated carbocycles. The first-order chi connectivity index (χ1) is 8.76. The van der Waals surface area contributed by atoms with Gasteiger partial charge in [0.2, 0.25) is 5.91 Å². The van der Waals surface area contributed by atoms with Crippen molar-refractivity contribution in [1.82, 2.24) is 15.1 Å². The summed E-state index contributed by atoms with van der Waals surface area (Å²) in [6.45, 7) is 2.44. The van der Waals surface area contributed by atoms with E-state index in [9.17, 15) is 14.4 Å². The van der Waals surface area contributed by atoms with Gasteiger partial charge >= 0.3 is 12.0 Å². The summed E-state index contributed by atoms with van der Waals surface area (Å²) in [4.78, 5) is 37.2. The number of nitrogens with zero attached hydrogens (tertiary/aromatic N) is 2. The van der Waals surface area contributed by atoms with Crippen LogP contribution in [0.3, 0.4) is 0 Å². The van der Waals surface area contributed by atoms with Crippen LogP contribution in [0.2, 0.25) is 0 Å². The monoisotopic (exact) mass is 271 g/mol. The first-order valence-electron chi connectivity index (χ1n) is 6.22. The minimum Gasteiger partial charge on any atom is -0.481 e. The molecule has 7 nitrogen and oxygen atoms in total. The van der Waals surface area contributed by atoms with Gasteiger partial charge in [0.05, 0.1) is 12.0 Å². The van der Waals surface area contributed by atoms with Crippen molar-refractivity contribution in [3.8, 4) is 0 Å². The van der Waals surface area contributed by atoms with Crippen LogP contribution in [-0.4, -0.2) is 66.5 Å². The van der Waals surface area contributed by atoms with E-state index in [-0.39, 0.29) is 18.5 Å². The van der Waals surface area contributed by atoms with Crippen LogP contribution in [0.1, 0.15) is 19.8 Å². The second-order valence-electron chi connectivity index (χ2n) is 5.30. The molecule has 0 aromatic heterocycles. The van der Waals surface area contributed by atoms with E-state index in [4.69, 9.17) is 5.11 Å². The molecule has 0 aromatic carbocycles. The molecule has 2 N–H and O–H groups in total. The smallest absolute Gasteiger partial charge is 0.317 e. The zero-order valence-electron chi connectivity index (χ0n) is 11.6. The van der Waals surface area contributed by atoms with Gasteiger partial charge in [-0.3, -0.25) is 9.59 Å². The predicted octanol–water partition coefficient (Wildman–Crippen LogP) is -0.0291. The van der Waals surface area contributed by atoms with E-state index in [1.807, 2.05) is 0 Å². The van der Waals surface area contributed by atoms with Crippen molar-refractivity contribution in [3.05, 3.63) is 0 Å². The number of carbonyl (C=O) groups is 3. The molecule has 108 valence electrons. The number of urea groups is 1. The number of aliphatic carboxylic acids is 1. The average Bonchev–Trinajstić information content (AvgIpc) is 2.36. The van der Waals surface area contributed by atoms with Crippen LogP contribution in [0.5, 0.6) is 0 Å². The number of piperidine rings is 1. The third-order valence-corrected chi connectivity index (χ3v) is 3.56. The van der Waals surface area contributed by atoms with Gasteiger partial charge in [0, 0.05) is 27.2 Å². The maximum atomic E-state index is 11.8. The molecule has 1 fully saturated rings. The zero-order valence-corrected chi connectivity index (χ0v) is 11.6. The van der Waals surface area contributed by atoms with E-state index >= 15 is 0 Å². The van der Waals surface area contributed by atoms with Gasteiger partial charge in [-0.25, -0.2) is 4.79 Å². The number of nitrogens with one attached hydrogen (secondary N) is 1. The van der Waals surface area contributed by atoms with E-state index in [1.54, 1.807) is 25.9 Å². The summed E-state index contributed by atoms with van der Waals surface area (Å²) in [6, 6.07) is -0.317. The Bertz CT molecular complexity index is 373. The first-order valence-corrected chi connectivity index (χ1v) is 6.22. The fourth-order valence-electron chi connectivity index (χ4n) is 1.84. The van der Waals surface area contributed by atoms with Crippen LogP contribution in [0.25, 0.3) is 0 Å². The van der Waals surface area contributed by atoms with Crippen LogP contribution in [0, 0.1) is 5.41 Å². The number of carboxylic acids is 1. The molecule has 0 atom stereocenters. The molecular formula is C12H21N3O4. The Hall–Kier alpha value is -1.79. The van der Waals surface area contributed by atoms with Gasteiger partial charge in [-0.1, -0.05) is 0 Å². The molecule has 0 bridgehead atoms. The van der Waals surface area contributed by atoms with Crippen LogP contribution < -0.4 is 5.32 Å². The lowest BCUT2D eigenvalue weighted by molar-refractivity contribution is -0.150. The molecule has 19 heavy (non-hydrogen) atoms. The van der Waals surface area contributed by atoms with Crippen LogP contribution in [0.15, 0.2) is 0 Å². The fraction of sp³-hybridized carbons (Fsp3) is 0.750. The lowest BCUT2D eigenvalue weighted by Gasteiger charge is -2.36. The molecule has 0 aliphatic carbocycles. The number of carboxylic acid groups (broad SMARTS) is 1. The molecule has 1 heterocycles. The Kier molecular flexibility index (Phi) is 4.74. The number of hydrogen-bond acceptors (Lipinski definition) is 3. The molecule has 0 aromatic rings. The SMILES string of the molecule is CN(C)C(=O)CNC(=O)N1CCC(C)(C(=O)O)CC1. The molecule has 7 heteroatoms. The summed E-state index contributed by atoms with van der Waals surface area (Å²) >= 11 is 0. The fourth-order valence-corrected chi connectivity index (χ4v) is 1.84. The molecule has 1 aliphatic heterocycles. The van der Waals surface area contributed by atoms with Crippen LogP contribution >= 0.6 is 0 Å². The van der Waals surface area contributed by atoms with Gasteiger partial charge < -0.3 is 20.2 Å². The summed E-state index contributed by atoms with van der Waals surface area (Å²) in [6.07, 6.45) is 0.856. The molecule has 1 rings (SSSR count). The van der Waals surface area contributed by atoms with Crippen LogP contribution in [-0.2, 0) is 9.59 Å². The third kappa shape index (κ3) is 3.84. The van der Waals surface area contributed by atoms with Gasteiger partial charge in [0.1, 0.15) is 0 Å². The van der Waals surface area contributed by atoms with Crippen molar-refractivity contribution < 1.29 is 19.5 Å². The molecule has 3 amide bonds. The zero-order chi connectivity index (χ0) is 14.6. The second-order valence-corrected chi connectivity index (χ2v) is 5.30. The van der Waals surface area contributed by atoms with Crippen molar-refractivity contribution >= 4 is 17.9 Å². The molecule has 1 aliphatic rings. The Labute approximate surface area is 112 Å². The van der Waals surface area contributed by atoms with Crippen molar-refractivity contribution in [2.24, 2.45) is 5.41 Å². The van der Waals surface area contributed by atoms with Gasteiger partial charge in [-0.15, -0.1) is 0 Å². The average molecular weight is 271 g/mol. The van der Waals surface area contributed by atoms with Gasteiger partial charge in [0.25, 0.3) is 0 Å². The highest BCUT2D eigenvalue weighted by Crippen LogP contribution is 2.30. The van der Waals surface area contributed by atoms with Crippen molar-refractivity contribution in [2.75, 3.05) is 33.7 Å². The molecular weight excluding hydrogens is 250 g/mol. The van der Waals surface area contributed by atoms with Gasteiger partial charge in [-0.05, 0) is 19.8 Å². The van der Waals surface area contributed by atoms with Gasteiger partial charge in [-0.2, -0.15) is 0 Å². The summed E-state index contributed by atoms with van der Waals surface area (Å²) in [5.41, 5.74) is -0.754. The summed E-state index contributed by atoms with van der Waals surface area (Å²) in [5, 5.41) is 11.6. The maximum Gasteiger partial charge on any atom is 0.317 e. The quantitative estimate of drug-likeness (QED) is 0.754. The van der Waals surface area contributed by atoms with Crippen molar-refractivity contribution in [1.29, 1.82) is 0 Å². The number of hydrogen-bond donors (Lipinski definition) is 2. The van der Waals surface area contributed by atoms with E-state index in [2.05, 4.69) is 5.32 Å². The predicted molar refractivity (Wildman–Crippen MR) is 68.6 cm³/mol. The Morgan fingerprint density at radius 2 is 1.79 bits per heavy atom.